The molecule has 1 saturated heterocycles. The molecular weight excluding hydrogens is 426 g/mol. The molecule has 0 bridgehead atoms. The summed E-state index contributed by atoms with van der Waals surface area (Å²) >= 11 is 0. The summed E-state index contributed by atoms with van der Waals surface area (Å²) in [6.07, 6.45) is 5.72. The molecule has 1 aliphatic rings. The molecule has 3 rings (SSSR count). The van der Waals surface area contributed by atoms with Crippen LogP contribution >= 0.6 is 0 Å². The Bertz CT molecular complexity index is 1100. The first-order chi connectivity index (χ1) is 15.1. The molecule has 1 N–H and O–H groups in total. The third-order valence-electron chi connectivity index (χ3n) is 5.87. The maximum atomic E-state index is 13.5. The Labute approximate surface area is 190 Å². The van der Waals surface area contributed by atoms with Gasteiger partial charge in [0.1, 0.15) is 5.69 Å². The van der Waals surface area contributed by atoms with Crippen molar-refractivity contribution < 1.29 is 17.7 Å². The van der Waals surface area contributed by atoms with Crippen LogP contribution < -0.4 is 5.32 Å². The highest BCUT2D eigenvalue weighted by Gasteiger charge is 2.36. The lowest BCUT2D eigenvalue weighted by molar-refractivity contribution is -0.126. The second-order valence-corrected chi connectivity index (χ2v) is 10.5. The van der Waals surface area contributed by atoms with E-state index in [0.29, 0.717) is 31.6 Å². The van der Waals surface area contributed by atoms with Crippen LogP contribution in [0.1, 0.15) is 59.9 Å². The molecule has 1 amide bonds. The standard InChI is InChI=1S/C24H33N3O4S/c1-6-11-25-24(28)20-8-7-12-27(15-20)32(29,30)23-19(5)26-31-22(23)10-9-21-17(3)13-16(2)14-18(21)4/h9-10,13-14,20H,6-8,11-12,15H2,1-5H3,(H,25,28)/b10-9+/t20-/m0/s1. The minimum atomic E-state index is -3.85. The average molecular weight is 460 g/mol. The number of hydrogen-bond acceptors (Lipinski definition) is 5. The van der Waals surface area contributed by atoms with E-state index in [1.807, 2.05) is 33.8 Å². The molecule has 174 valence electrons. The largest absolute Gasteiger partial charge is 0.356 e. The smallest absolute Gasteiger partial charge is 0.248 e. The fourth-order valence-corrected chi connectivity index (χ4v) is 6.08. The minimum absolute atomic E-state index is 0.0748. The van der Waals surface area contributed by atoms with Gasteiger partial charge in [0.2, 0.25) is 15.9 Å². The lowest BCUT2D eigenvalue weighted by atomic mass is 9.99. The number of amides is 1. The molecule has 0 saturated carbocycles. The van der Waals surface area contributed by atoms with Crippen molar-refractivity contribution in [2.24, 2.45) is 5.92 Å². The summed E-state index contributed by atoms with van der Waals surface area (Å²) in [5, 5.41) is 6.81. The van der Waals surface area contributed by atoms with Gasteiger partial charge in [-0.15, -0.1) is 0 Å². The van der Waals surface area contributed by atoms with Crippen LogP contribution in [0.5, 0.6) is 0 Å². The number of carbonyl (C=O) groups is 1. The fraction of sp³-hybridized carbons (Fsp3) is 0.500. The fourth-order valence-electron chi connectivity index (χ4n) is 4.31. The van der Waals surface area contributed by atoms with Gasteiger partial charge in [-0.3, -0.25) is 4.79 Å². The second-order valence-electron chi connectivity index (χ2n) is 8.60. The van der Waals surface area contributed by atoms with Gasteiger partial charge in [-0.1, -0.05) is 35.9 Å². The number of benzene rings is 1. The molecule has 1 aliphatic heterocycles. The van der Waals surface area contributed by atoms with Crippen molar-refractivity contribution in [3.63, 3.8) is 0 Å². The molecule has 2 aromatic rings. The van der Waals surface area contributed by atoms with Crippen molar-refractivity contribution in [3.05, 3.63) is 45.8 Å². The second kappa shape index (κ2) is 10.0. The van der Waals surface area contributed by atoms with E-state index in [1.165, 1.54) is 9.87 Å². The maximum absolute atomic E-state index is 13.5. The highest BCUT2D eigenvalue weighted by atomic mass is 32.2. The number of aryl methyl sites for hydroxylation is 4. The summed E-state index contributed by atoms with van der Waals surface area (Å²) in [6.45, 7) is 10.9. The summed E-state index contributed by atoms with van der Waals surface area (Å²) < 4.78 is 33.8. The normalized spacial score (nSPS) is 17.7. The highest BCUT2D eigenvalue weighted by molar-refractivity contribution is 7.89. The highest BCUT2D eigenvalue weighted by Crippen LogP contribution is 2.30. The Morgan fingerprint density at radius 2 is 1.91 bits per heavy atom. The Kier molecular flexibility index (Phi) is 7.56. The Hall–Kier alpha value is -2.45. The van der Waals surface area contributed by atoms with Crippen molar-refractivity contribution in [2.75, 3.05) is 19.6 Å². The molecule has 1 aromatic heterocycles. The quantitative estimate of drug-likeness (QED) is 0.675. The van der Waals surface area contributed by atoms with Gasteiger partial charge in [0.05, 0.1) is 5.92 Å². The van der Waals surface area contributed by atoms with E-state index in [0.717, 1.165) is 23.1 Å². The van der Waals surface area contributed by atoms with Crippen LogP contribution in [0.3, 0.4) is 0 Å². The molecule has 7 nitrogen and oxygen atoms in total. The molecule has 8 heteroatoms. The molecule has 2 heterocycles. The van der Waals surface area contributed by atoms with E-state index < -0.39 is 10.0 Å². The van der Waals surface area contributed by atoms with Crippen LogP contribution in [0.2, 0.25) is 0 Å². The molecular formula is C24H33N3O4S. The van der Waals surface area contributed by atoms with Crippen LogP contribution in [0, 0.1) is 33.6 Å². The first kappa shape index (κ1) is 24.2. The molecule has 0 unspecified atom stereocenters. The van der Waals surface area contributed by atoms with Crippen LogP contribution in [0.15, 0.2) is 21.6 Å². The van der Waals surface area contributed by atoms with Gasteiger partial charge < -0.3 is 9.84 Å². The molecule has 1 fully saturated rings. The van der Waals surface area contributed by atoms with Crippen LogP contribution in [-0.4, -0.2) is 43.4 Å². The van der Waals surface area contributed by atoms with E-state index >= 15 is 0 Å². The van der Waals surface area contributed by atoms with Crippen molar-refractivity contribution >= 4 is 28.1 Å². The van der Waals surface area contributed by atoms with Crippen LogP contribution in [0.4, 0.5) is 0 Å². The van der Waals surface area contributed by atoms with Crippen molar-refractivity contribution in [1.82, 2.24) is 14.8 Å². The van der Waals surface area contributed by atoms with Crippen LogP contribution in [-0.2, 0) is 14.8 Å². The van der Waals surface area contributed by atoms with Gasteiger partial charge in [-0.2, -0.15) is 4.31 Å². The first-order valence-corrected chi connectivity index (χ1v) is 12.6. The van der Waals surface area contributed by atoms with Gasteiger partial charge >= 0.3 is 0 Å². The van der Waals surface area contributed by atoms with E-state index in [9.17, 15) is 13.2 Å². The average Bonchev–Trinajstić information content (AvgIpc) is 3.12. The third-order valence-corrected chi connectivity index (χ3v) is 7.90. The summed E-state index contributed by atoms with van der Waals surface area (Å²) in [5.41, 5.74) is 4.74. The number of hydrogen-bond donors (Lipinski definition) is 1. The maximum Gasteiger partial charge on any atom is 0.248 e. The molecule has 0 radical (unpaired) electrons. The first-order valence-electron chi connectivity index (χ1n) is 11.1. The predicted octanol–water partition coefficient (Wildman–Crippen LogP) is 4.01. The van der Waals surface area contributed by atoms with Crippen molar-refractivity contribution in [3.8, 4) is 0 Å². The minimum Gasteiger partial charge on any atom is -0.356 e. The summed E-state index contributed by atoms with van der Waals surface area (Å²) in [6, 6.07) is 4.18. The van der Waals surface area contributed by atoms with Crippen molar-refractivity contribution in [1.29, 1.82) is 0 Å². The SMILES string of the molecule is CCCNC(=O)[C@H]1CCCN(S(=O)(=O)c2c(C)noc2/C=C/c2c(C)cc(C)cc2C)C1. The van der Waals surface area contributed by atoms with Gasteiger partial charge in [0.25, 0.3) is 0 Å². The number of nitrogens with zero attached hydrogens (tertiary/aromatic N) is 2. The summed E-state index contributed by atoms with van der Waals surface area (Å²) in [7, 11) is -3.85. The number of piperidine rings is 1. The number of aromatic nitrogens is 1. The van der Waals surface area contributed by atoms with Gasteiger partial charge in [0, 0.05) is 19.6 Å². The number of carbonyl (C=O) groups excluding carboxylic acids is 1. The van der Waals surface area contributed by atoms with Gasteiger partial charge in [-0.25, -0.2) is 8.42 Å². The van der Waals surface area contributed by atoms with E-state index in [4.69, 9.17) is 4.52 Å². The Balaban J connectivity index is 1.88. The zero-order valence-electron chi connectivity index (χ0n) is 19.6. The van der Waals surface area contributed by atoms with E-state index in [-0.39, 0.29) is 29.0 Å². The molecule has 32 heavy (non-hydrogen) atoms. The van der Waals surface area contributed by atoms with Crippen molar-refractivity contribution in [2.45, 2.75) is 58.8 Å². The number of nitrogens with one attached hydrogen (secondary N) is 1. The molecule has 0 aliphatic carbocycles. The summed E-state index contributed by atoms with van der Waals surface area (Å²) in [4.78, 5) is 12.5. The monoisotopic (exact) mass is 459 g/mol. The van der Waals surface area contributed by atoms with E-state index in [1.54, 1.807) is 13.0 Å². The number of rotatable bonds is 7. The molecule has 1 atom stereocenters. The lowest BCUT2D eigenvalue weighted by Gasteiger charge is -2.31. The predicted molar refractivity (Wildman–Crippen MR) is 126 cm³/mol. The summed E-state index contributed by atoms with van der Waals surface area (Å²) in [5.74, 6) is -0.222. The molecule has 0 spiro atoms. The lowest BCUT2D eigenvalue weighted by Crippen LogP contribution is -2.45. The van der Waals surface area contributed by atoms with E-state index in [2.05, 4.69) is 22.6 Å². The Morgan fingerprint density at radius 1 is 1.22 bits per heavy atom. The van der Waals surface area contributed by atoms with Gasteiger partial charge in [0.15, 0.2) is 10.7 Å². The zero-order valence-corrected chi connectivity index (χ0v) is 20.4. The Morgan fingerprint density at radius 3 is 2.56 bits per heavy atom. The van der Waals surface area contributed by atoms with Gasteiger partial charge in [-0.05, 0) is 69.7 Å². The number of sulfonamides is 1. The topological polar surface area (TPSA) is 92.5 Å². The van der Waals surface area contributed by atoms with Crippen LogP contribution in [0.25, 0.3) is 12.2 Å². The zero-order chi connectivity index (χ0) is 23.5. The molecule has 1 aromatic carbocycles. The third kappa shape index (κ3) is 5.13.